The zero-order valence-corrected chi connectivity index (χ0v) is 15.9. The second-order valence-corrected chi connectivity index (χ2v) is 8.27. The Morgan fingerprint density at radius 3 is 1.78 bits per heavy atom. The van der Waals surface area contributed by atoms with Crippen molar-refractivity contribution in [2.24, 2.45) is 0 Å². The van der Waals surface area contributed by atoms with E-state index in [1.807, 2.05) is 67.6 Å². The summed E-state index contributed by atoms with van der Waals surface area (Å²) in [7, 11) is -1.17. The van der Waals surface area contributed by atoms with Gasteiger partial charge in [-0.05, 0) is 0 Å². The third-order valence-corrected chi connectivity index (χ3v) is 7.14. The average Bonchev–Trinajstić information content (AvgIpc) is 2.57. The van der Waals surface area contributed by atoms with Gasteiger partial charge in [0, 0.05) is 43.3 Å². The van der Waals surface area contributed by atoms with Gasteiger partial charge in [0.1, 0.15) is 7.14 Å². The van der Waals surface area contributed by atoms with E-state index in [-0.39, 0.29) is 32.6 Å². The normalized spacial score (nSPS) is 13.9. The largest absolute Gasteiger partial charge is 0.660 e. The maximum Gasteiger partial charge on any atom is 0.145 e. The quantitative estimate of drug-likeness (QED) is 0.550. The summed E-state index contributed by atoms with van der Waals surface area (Å²) in [5.74, 6) is 0. The number of likely N-dealkylation sites (N-methyl/N-ethyl adjacent to an activating group) is 1. The van der Waals surface area contributed by atoms with E-state index in [2.05, 4.69) is 5.32 Å². The molecule has 23 heavy (non-hydrogen) atoms. The summed E-state index contributed by atoms with van der Waals surface area (Å²) >= 11 is 0. The molecule has 1 N–H and O–H groups in total. The standard InChI is InChI=1S/C18H23NO2P.Pd/c1-3-17(19-2)18(20)14-22(21,15-10-6-4-7-11-15)16-12-8-5-9-13-16;/h4-13,17-18,20H,3,14H2,1-2H3;/q-1;. The van der Waals surface area contributed by atoms with Crippen LogP contribution in [-0.2, 0) is 25.0 Å². The van der Waals surface area contributed by atoms with E-state index in [0.717, 1.165) is 17.0 Å². The van der Waals surface area contributed by atoms with Crippen LogP contribution in [0.15, 0.2) is 60.7 Å². The van der Waals surface area contributed by atoms with E-state index < -0.39 is 13.2 Å². The van der Waals surface area contributed by atoms with E-state index in [0.29, 0.717) is 0 Å². The number of nitrogens with zero attached hydrogens (tertiary/aromatic N) is 1. The molecule has 5 heteroatoms. The van der Waals surface area contributed by atoms with Gasteiger partial charge in [-0.25, -0.2) is 0 Å². The number of hydrogen-bond donors (Lipinski definition) is 1. The molecule has 0 aromatic heterocycles. The SMILES string of the molecule is CCC([N-]C)C(O)CP(=O)(c1ccccc1)c1ccccc1.[Pd]. The van der Waals surface area contributed by atoms with Gasteiger partial charge in [-0.15, -0.1) is 6.04 Å². The number of hydrogen-bond acceptors (Lipinski definition) is 2. The van der Waals surface area contributed by atoms with Crippen LogP contribution in [0.2, 0.25) is 0 Å². The van der Waals surface area contributed by atoms with Crippen LogP contribution in [-0.4, -0.2) is 30.5 Å². The molecule has 2 atom stereocenters. The molecule has 128 valence electrons. The van der Waals surface area contributed by atoms with Gasteiger partial charge < -0.3 is 15.0 Å². The van der Waals surface area contributed by atoms with Crippen LogP contribution in [0.1, 0.15) is 13.3 Å². The topological polar surface area (TPSA) is 51.4 Å². The zero-order chi connectivity index (χ0) is 16.0. The molecule has 0 radical (unpaired) electrons. The van der Waals surface area contributed by atoms with Gasteiger partial charge in [0.05, 0.1) is 0 Å². The van der Waals surface area contributed by atoms with Gasteiger partial charge in [-0.3, -0.25) is 0 Å². The summed E-state index contributed by atoms with van der Waals surface area (Å²) in [6.07, 6.45) is 0.249. The summed E-state index contributed by atoms with van der Waals surface area (Å²) in [4.78, 5) is 0. The monoisotopic (exact) mass is 422 g/mol. The molecule has 3 nitrogen and oxygen atoms in total. The fraction of sp³-hybridized carbons (Fsp3) is 0.333. The van der Waals surface area contributed by atoms with E-state index in [4.69, 9.17) is 0 Å². The third-order valence-electron chi connectivity index (χ3n) is 3.98. The van der Waals surface area contributed by atoms with Crippen LogP contribution in [0.3, 0.4) is 0 Å². The van der Waals surface area contributed by atoms with Gasteiger partial charge in [0.25, 0.3) is 0 Å². The Bertz CT molecular complexity index is 574. The number of aliphatic hydroxyl groups excluding tert-OH is 1. The van der Waals surface area contributed by atoms with Crippen molar-refractivity contribution in [3.8, 4) is 0 Å². The zero-order valence-electron chi connectivity index (χ0n) is 13.4. The molecule has 0 fully saturated rings. The smallest absolute Gasteiger partial charge is 0.145 e. The average molecular weight is 423 g/mol. The van der Waals surface area contributed by atoms with E-state index in [9.17, 15) is 9.67 Å². The molecule has 0 aliphatic carbocycles. The van der Waals surface area contributed by atoms with Crippen LogP contribution >= 0.6 is 7.14 Å². The summed E-state index contributed by atoms with van der Waals surface area (Å²) in [6.45, 7) is 1.98. The minimum atomic E-state index is -2.87. The molecule has 0 aliphatic heterocycles. The molecular formula is C18H23NO2PPd-. The van der Waals surface area contributed by atoms with E-state index >= 15 is 0 Å². The predicted octanol–water partition coefficient (Wildman–Crippen LogP) is 3.14. The second-order valence-electron chi connectivity index (χ2n) is 5.39. The van der Waals surface area contributed by atoms with Crippen molar-refractivity contribution in [3.63, 3.8) is 0 Å². The number of aliphatic hydroxyl groups is 1. The fourth-order valence-corrected chi connectivity index (χ4v) is 5.51. The van der Waals surface area contributed by atoms with Crippen molar-refractivity contribution in [1.82, 2.24) is 0 Å². The van der Waals surface area contributed by atoms with Crippen molar-refractivity contribution < 1.29 is 30.1 Å². The third kappa shape index (κ3) is 4.86. The molecule has 0 amide bonds. The molecule has 0 heterocycles. The number of benzene rings is 2. The first-order valence-corrected chi connectivity index (χ1v) is 9.48. The summed E-state index contributed by atoms with van der Waals surface area (Å²) < 4.78 is 13.8. The van der Waals surface area contributed by atoms with Crippen molar-refractivity contribution in [1.29, 1.82) is 0 Å². The van der Waals surface area contributed by atoms with Crippen LogP contribution in [0.5, 0.6) is 0 Å². The van der Waals surface area contributed by atoms with Crippen molar-refractivity contribution in [2.45, 2.75) is 25.5 Å². The predicted molar refractivity (Wildman–Crippen MR) is 94.0 cm³/mol. The minimum absolute atomic E-state index is 0. The Hall–Kier alpha value is -0.748. The Morgan fingerprint density at radius 2 is 1.43 bits per heavy atom. The number of rotatable bonds is 7. The first-order valence-electron chi connectivity index (χ1n) is 7.59. The molecule has 0 saturated heterocycles. The van der Waals surface area contributed by atoms with Crippen LogP contribution in [0.25, 0.3) is 5.32 Å². The van der Waals surface area contributed by atoms with Crippen molar-refractivity contribution in [3.05, 3.63) is 66.0 Å². The summed E-state index contributed by atoms with van der Waals surface area (Å²) in [5.41, 5.74) is 0. The fourth-order valence-electron chi connectivity index (χ4n) is 2.71. The van der Waals surface area contributed by atoms with Crippen LogP contribution in [0, 0.1) is 0 Å². The molecule has 2 unspecified atom stereocenters. The Balaban J connectivity index is 0.00000264. The van der Waals surface area contributed by atoms with Gasteiger partial charge >= 0.3 is 0 Å². The second kappa shape index (κ2) is 9.52. The van der Waals surface area contributed by atoms with Crippen LogP contribution < -0.4 is 10.6 Å². The molecule has 0 spiro atoms. The van der Waals surface area contributed by atoms with Crippen LogP contribution in [0.4, 0.5) is 0 Å². The molecule has 0 saturated carbocycles. The summed E-state index contributed by atoms with van der Waals surface area (Å²) in [5, 5.41) is 16.3. The van der Waals surface area contributed by atoms with Gasteiger partial charge in [0.2, 0.25) is 0 Å². The maximum atomic E-state index is 13.8. The molecule has 2 aromatic rings. The molecule has 2 rings (SSSR count). The van der Waals surface area contributed by atoms with Gasteiger partial charge in [-0.2, -0.15) is 7.05 Å². The Labute approximate surface area is 152 Å². The molecule has 2 aromatic carbocycles. The first kappa shape index (κ1) is 20.3. The molecule has 0 bridgehead atoms. The summed E-state index contributed by atoms with van der Waals surface area (Å²) in [6, 6.07) is 18.7. The van der Waals surface area contributed by atoms with Gasteiger partial charge in [-0.1, -0.05) is 74.0 Å². The maximum absolute atomic E-state index is 13.8. The Kier molecular flexibility index (Phi) is 8.41. The van der Waals surface area contributed by atoms with Crippen molar-refractivity contribution >= 4 is 17.8 Å². The van der Waals surface area contributed by atoms with Gasteiger partial charge in [0.15, 0.2) is 0 Å². The molecular weight excluding hydrogens is 400 g/mol. The Morgan fingerprint density at radius 1 is 1.00 bits per heavy atom. The van der Waals surface area contributed by atoms with E-state index in [1.54, 1.807) is 7.05 Å². The first-order chi connectivity index (χ1) is 10.6. The minimum Gasteiger partial charge on any atom is -0.660 e. The van der Waals surface area contributed by atoms with E-state index in [1.165, 1.54) is 0 Å². The van der Waals surface area contributed by atoms with Crippen molar-refractivity contribution in [2.75, 3.05) is 13.2 Å². The molecule has 0 aliphatic rings.